The Labute approximate surface area is 156 Å². The summed E-state index contributed by atoms with van der Waals surface area (Å²) < 4.78 is 2.20. The molecule has 0 saturated carbocycles. The molecule has 1 aliphatic heterocycles. The van der Waals surface area contributed by atoms with Gasteiger partial charge < -0.3 is 0 Å². The maximum absolute atomic E-state index is 4.55. The van der Waals surface area contributed by atoms with Crippen LogP contribution in [0.3, 0.4) is 0 Å². The van der Waals surface area contributed by atoms with Crippen molar-refractivity contribution in [2.75, 3.05) is 13.1 Å². The lowest BCUT2D eigenvalue weighted by Crippen LogP contribution is -2.21. The van der Waals surface area contributed by atoms with Crippen molar-refractivity contribution in [3.63, 3.8) is 0 Å². The minimum absolute atomic E-state index is 0.818. The maximum Gasteiger partial charge on any atom is 0.196 e. The highest BCUT2D eigenvalue weighted by Gasteiger charge is 2.19. The van der Waals surface area contributed by atoms with E-state index in [2.05, 4.69) is 54.3 Å². The molecule has 0 amide bonds. The summed E-state index contributed by atoms with van der Waals surface area (Å²) in [5.41, 5.74) is 2.23. The molecule has 0 unspecified atom stereocenters. The van der Waals surface area contributed by atoms with E-state index in [1.807, 2.05) is 13.0 Å². The smallest absolute Gasteiger partial charge is 0.196 e. The monoisotopic (exact) mass is 371 g/mol. The number of hydrogen-bond acceptors (Lipinski definition) is 6. The molecule has 4 rings (SSSR count). The van der Waals surface area contributed by atoms with Gasteiger partial charge in [-0.15, -0.1) is 21.5 Å². The molecular formula is C18H21N5S2. The van der Waals surface area contributed by atoms with Crippen LogP contribution in [0.15, 0.2) is 40.9 Å². The normalized spacial score (nSPS) is 15.1. The van der Waals surface area contributed by atoms with Gasteiger partial charge in [0.25, 0.3) is 0 Å². The molecule has 1 aliphatic rings. The van der Waals surface area contributed by atoms with Gasteiger partial charge >= 0.3 is 0 Å². The number of nitrogens with zero attached hydrogens (tertiary/aromatic N) is 5. The first-order valence-corrected chi connectivity index (χ1v) is 10.4. The molecule has 5 nitrogen and oxygen atoms in total. The molecule has 3 heterocycles. The Bertz CT molecular complexity index is 821. The Morgan fingerprint density at radius 3 is 2.64 bits per heavy atom. The van der Waals surface area contributed by atoms with Crippen LogP contribution in [-0.4, -0.2) is 37.7 Å². The van der Waals surface area contributed by atoms with Gasteiger partial charge in [-0.25, -0.2) is 4.98 Å². The first-order valence-electron chi connectivity index (χ1n) is 8.55. The Morgan fingerprint density at radius 1 is 1.12 bits per heavy atom. The van der Waals surface area contributed by atoms with E-state index in [4.69, 9.17) is 0 Å². The second-order valence-corrected chi connectivity index (χ2v) is 8.20. The van der Waals surface area contributed by atoms with Crippen LogP contribution >= 0.6 is 23.1 Å². The number of likely N-dealkylation sites (tertiary alicyclic amines) is 1. The largest absolute Gasteiger partial charge is 0.296 e. The third-order valence-electron chi connectivity index (χ3n) is 4.29. The van der Waals surface area contributed by atoms with Crippen molar-refractivity contribution in [3.8, 4) is 5.69 Å². The summed E-state index contributed by atoms with van der Waals surface area (Å²) in [4.78, 5) is 7.01. The number of thioether (sulfide) groups is 1. The Morgan fingerprint density at radius 2 is 1.92 bits per heavy atom. The van der Waals surface area contributed by atoms with Gasteiger partial charge in [0.1, 0.15) is 0 Å². The van der Waals surface area contributed by atoms with E-state index in [1.165, 1.54) is 12.8 Å². The quantitative estimate of drug-likeness (QED) is 0.615. The highest BCUT2D eigenvalue weighted by Crippen LogP contribution is 2.26. The summed E-state index contributed by atoms with van der Waals surface area (Å²) in [5.74, 6) is 1.84. The predicted molar refractivity (Wildman–Crippen MR) is 102 cm³/mol. The molecule has 0 bridgehead atoms. The van der Waals surface area contributed by atoms with E-state index in [0.29, 0.717) is 0 Å². The maximum atomic E-state index is 4.55. The second-order valence-electron chi connectivity index (χ2n) is 6.20. The molecule has 0 aliphatic carbocycles. The van der Waals surface area contributed by atoms with Crippen molar-refractivity contribution >= 4 is 23.1 Å². The Balaban J connectivity index is 1.60. The first kappa shape index (κ1) is 16.8. The molecule has 0 N–H and O–H groups in total. The number of rotatable bonds is 6. The zero-order valence-electron chi connectivity index (χ0n) is 14.3. The van der Waals surface area contributed by atoms with Crippen LogP contribution in [-0.2, 0) is 12.3 Å². The third-order valence-corrected chi connectivity index (χ3v) is 6.08. The van der Waals surface area contributed by atoms with Gasteiger partial charge in [0.05, 0.1) is 17.2 Å². The van der Waals surface area contributed by atoms with Gasteiger partial charge in [0.15, 0.2) is 11.0 Å². The average molecular weight is 372 g/mol. The van der Waals surface area contributed by atoms with Crippen LogP contribution in [0.4, 0.5) is 0 Å². The summed E-state index contributed by atoms with van der Waals surface area (Å²) in [6.45, 7) is 5.21. The summed E-state index contributed by atoms with van der Waals surface area (Å²) in [6.07, 6.45) is 2.56. The van der Waals surface area contributed by atoms with Crippen LogP contribution in [0.1, 0.15) is 29.4 Å². The van der Waals surface area contributed by atoms with Gasteiger partial charge in [-0.2, -0.15) is 0 Å². The van der Waals surface area contributed by atoms with Gasteiger partial charge in [0, 0.05) is 16.8 Å². The first-order chi connectivity index (χ1) is 12.3. The molecule has 0 spiro atoms. The van der Waals surface area contributed by atoms with Crippen LogP contribution in [0.5, 0.6) is 0 Å². The Hall–Kier alpha value is -1.70. The summed E-state index contributed by atoms with van der Waals surface area (Å²) >= 11 is 3.39. The fraction of sp³-hybridized carbons (Fsp3) is 0.389. The van der Waals surface area contributed by atoms with Gasteiger partial charge in [0.2, 0.25) is 0 Å². The van der Waals surface area contributed by atoms with Crippen molar-refractivity contribution in [3.05, 3.63) is 52.2 Å². The summed E-state index contributed by atoms with van der Waals surface area (Å²) in [7, 11) is 0. The van der Waals surface area contributed by atoms with Crippen molar-refractivity contribution in [2.45, 2.75) is 37.2 Å². The molecule has 1 saturated heterocycles. The second kappa shape index (κ2) is 7.68. The lowest BCUT2D eigenvalue weighted by atomic mass is 10.3. The molecular weight excluding hydrogens is 350 g/mol. The molecule has 0 atom stereocenters. The molecule has 130 valence electrons. The Kier molecular flexibility index (Phi) is 5.14. The number of aryl methyl sites for hydroxylation is 1. The van der Waals surface area contributed by atoms with E-state index in [-0.39, 0.29) is 0 Å². The van der Waals surface area contributed by atoms with E-state index in [1.54, 1.807) is 23.1 Å². The highest BCUT2D eigenvalue weighted by atomic mass is 32.2. The van der Waals surface area contributed by atoms with Gasteiger partial charge in [-0.3, -0.25) is 9.47 Å². The lowest BCUT2D eigenvalue weighted by Gasteiger charge is -2.15. The van der Waals surface area contributed by atoms with E-state index in [9.17, 15) is 0 Å². The third kappa shape index (κ3) is 3.94. The zero-order chi connectivity index (χ0) is 17.1. The molecule has 0 radical (unpaired) electrons. The fourth-order valence-electron chi connectivity index (χ4n) is 3.09. The molecule has 1 fully saturated rings. The summed E-state index contributed by atoms with van der Waals surface area (Å²) in [6, 6.07) is 10.4. The van der Waals surface area contributed by atoms with Gasteiger partial charge in [-0.1, -0.05) is 30.0 Å². The van der Waals surface area contributed by atoms with E-state index in [0.717, 1.165) is 52.8 Å². The molecule has 25 heavy (non-hydrogen) atoms. The minimum atomic E-state index is 0.818. The number of thiazole rings is 1. The average Bonchev–Trinajstić information content (AvgIpc) is 3.36. The number of aromatic nitrogens is 4. The van der Waals surface area contributed by atoms with Crippen molar-refractivity contribution in [2.24, 2.45) is 0 Å². The lowest BCUT2D eigenvalue weighted by molar-refractivity contribution is 0.319. The van der Waals surface area contributed by atoms with Crippen LogP contribution < -0.4 is 0 Å². The summed E-state index contributed by atoms with van der Waals surface area (Å²) in [5, 5.41) is 13.2. The SMILES string of the molecule is Cc1nc(CSc2nnc(CN3CCCC3)n2-c2ccccc2)cs1. The van der Waals surface area contributed by atoms with E-state index < -0.39 is 0 Å². The van der Waals surface area contributed by atoms with Crippen LogP contribution in [0.2, 0.25) is 0 Å². The molecule has 3 aromatic rings. The van der Waals surface area contributed by atoms with Crippen molar-refractivity contribution in [1.82, 2.24) is 24.6 Å². The zero-order valence-corrected chi connectivity index (χ0v) is 15.9. The number of para-hydroxylation sites is 1. The fourth-order valence-corrected chi connectivity index (χ4v) is 4.67. The van der Waals surface area contributed by atoms with Crippen LogP contribution in [0.25, 0.3) is 5.69 Å². The van der Waals surface area contributed by atoms with Gasteiger partial charge in [-0.05, 0) is 45.0 Å². The van der Waals surface area contributed by atoms with E-state index >= 15 is 0 Å². The van der Waals surface area contributed by atoms with Crippen LogP contribution in [0, 0.1) is 6.92 Å². The van der Waals surface area contributed by atoms with Crippen molar-refractivity contribution < 1.29 is 0 Å². The number of hydrogen-bond donors (Lipinski definition) is 0. The standard InChI is InChI=1S/C18H21N5S2/c1-14-19-15(12-24-14)13-25-18-21-20-17(11-22-9-5-6-10-22)23(18)16-7-3-2-4-8-16/h2-4,7-8,12H,5-6,9-11,13H2,1H3. The topological polar surface area (TPSA) is 46.8 Å². The predicted octanol–water partition coefficient (Wildman–Crippen LogP) is 3.92. The number of benzene rings is 1. The highest BCUT2D eigenvalue weighted by molar-refractivity contribution is 7.98. The minimum Gasteiger partial charge on any atom is -0.296 e. The molecule has 2 aromatic heterocycles. The molecule has 1 aromatic carbocycles. The molecule has 7 heteroatoms. The van der Waals surface area contributed by atoms with Crippen molar-refractivity contribution in [1.29, 1.82) is 0 Å².